The van der Waals surface area contributed by atoms with Crippen molar-refractivity contribution in [3.8, 4) is 78.7 Å². The largest absolute Gasteiger partial charge is 0.292 e. The molecule has 0 atom stereocenters. The maximum atomic E-state index is 5.14. The number of aromatic nitrogens is 4. The number of imidazole rings is 2. The van der Waals surface area contributed by atoms with Crippen LogP contribution in [0.25, 0.3) is 122 Å². The molecule has 0 fully saturated rings. The van der Waals surface area contributed by atoms with E-state index in [-0.39, 0.29) is 0 Å². The van der Waals surface area contributed by atoms with Crippen LogP contribution in [0.1, 0.15) is 0 Å². The van der Waals surface area contributed by atoms with Gasteiger partial charge in [0.05, 0.1) is 22.1 Å². The lowest BCUT2D eigenvalue weighted by atomic mass is 9.84. The van der Waals surface area contributed by atoms with E-state index >= 15 is 0 Å². The highest BCUT2D eigenvalue weighted by molar-refractivity contribution is 6.22. The predicted molar refractivity (Wildman–Crippen MR) is 283 cm³/mol. The Hall–Kier alpha value is -9.12. The van der Waals surface area contributed by atoms with Crippen molar-refractivity contribution in [2.75, 3.05) is 0 Å². The molecular weight excluding hydrogens is 825 g/mol. The molecule has 2 aromatic heterocycles. The van der Waals surface area contributed by atoms with Crippen molar-refractivity contribution in [1.82, 2.24) is 19.1 Å². The lowest BCUT2D eigenvalue weighted by molar-refractivity contribution is 1.10. The summed E-state index contributed by atoms with van der Waals surface area (Å²) in [5, 5.41) is 4.83. The number of fused-ring (bicyclic) bond motifs is 4. The number of hydrogen-bond acceptors (Lipinski definition) is 2. The van der Waals surface area contributed by atoms with Crippen LogP contribution in [0.2, 0.25) is 0 Å². The molecule has 68 heavy (non-hydrogen) atoms. The van der Waals surface area contributed by atoms with Gasteiger partial charge in [-0.2, -0.15) is 0 Å². The highest BCUT2D eigenvalue weighted by Gasteiger charge is 2.21. The van der Waals surface area contributed by atoms with Gasteiger partial charge in [0.1, 0.15) is 11.6 Å². The smallest absolute Gasteiger partial charge is 0.145 e. The van der Waals surface area contributed by atoms with E-state index in [2.05, 4.69) is 264 Å². The van der Waals surface area contributed by atoms with E-state index in [9.17, 15) is 0 Å². The van der Waals surface area contributed by atoms with Gasteiger partial charge in [0.15, 0.2) is 0 Å². The van der Waals surface area contributed by atoms with Crippen molar-refractivity contribution in [3.63, 3.8) is 0 Å². The summed E-state index contributed by atoms with van der Waals surface area (Å²) in [5.41, 5.74) is 17.7. The molecule has 0 aliphatic carbocycles. The molecule has 13 rings (SSSR count). The minimum atomic E-state index is 0.922. The molecule has 0 saturated carbocycles. The lowest BCUT2D eigenvalue weighted by Gasteiger charge is -2.20. The van der Waals surface area contributed by atoms with Crippen molar-refractivity contribution in [3.05, 3.63) is 255 Å². The Kier molecular flexibility index (Phi) is 9.47. The average molecular weight is 867 g/mol. The molecule has 0 radical (unpaired) electrons. The van der Waals surface area contributed by atoms with Crippen LogP contribution in [0.15, 0.2) is 255 Å². The summed E-state index contributed by atoms with van der Waals surface area (Å²) >= 11 is 0. The van der Waals surface area contributed by atoms with Crippen molar-refractivity contribution >= 4 is 43.6 Å². The van der Waals surface area contributed by atoms with Crippen molar-refractivity contribution in [1.29, 1.82) is 0 Å². The molecule has 11 aromatic carbocycles. The molecule has 318 valence electrons. The standard InChI is InChI=1S/C64H42N4/c1-5-19-43(20-6-1)61-53-37-35-50(48-28-18-30-52(40-48)68-60-34-16-14-32-58(60)66-64(68)46-25-11-4-12-26-46)42-56(53)62(44-21-7-2-8-22-44)54-38-36-49(41-55(54)61)47-27-17-29-51(39-47)67-59-33-15-13-31-57(59)65-63(67)45-23-9-3-10-24-45/h1-42H. The molecule has 13 aromatic rings. The SMILES string of the molecule is c1ccc(-c2c3ccc(-c4cccc(-n5c(-c6ccccc6)nc6ccccc65)c4)cc3c(-c3ccccc3)c3ccc(-c4cccc(-n5c(-c6ccccc6)nc6ccccc65)c4)cc23)cc1. The quantitative estimate of drug-likeness (QED) is 0.143. The van der Waals surface area contributed by atoms with Gasteiger partial charge in [0.2, 0.25) is 0 Å². The van der Waals surface area contributed by atoms with Gasteiger partial charge in [0.25, 0.3) is 0 Å². The first-order valence-electron chi connectivity index (χ1n) is 23.2. The number of para-hydroxylation sites is 4. The Labute approximate surface area is 394 Å². The van der Waals surface area contributed by atoms with Crippen LogP contribution >= 0.6 is 0 Å². The molecule has 0 bridgehead atoms. The Balaban J connectivity index is 1.01. The summed E-state index contributed by atoms with van der Waals surface area (Å²) in [7, 11) is 0. The third-order valence-corrected chi connectivity index (χ3v) is 13.3. The van der Waals surface area contributed by atoms with Crippen LogP contribution in [0, 0.1) is 0 Å². The molecule has 0 aliphatic rings. The Bertz CT molecular complexity index is 3740. The maximum absolute atomic E-state index is 5.14. The van der Waals surface area contributed by atoms with Gasteiger partial charge in [-0.25, -0.2) is 9.97 Å². The molecule has 0 amide bonds. The molecule has 0 N–H and O–H groups in total. The molecule has 4 heteroatoms. The second-order valence-electron chi connectivity index (χ2n) is 17.4. The molecule has 0 spiro atoms. The summed E-state index contributed by atoms with van der Waals surface area (Å²) in [4.78, 5) is 10.3. The van der Waals surface area contributed by atoms with Gasteiger partial charge in [-0.1, -0.05) is 194 Å². The average Bonchev–Trinajstić information content (AvgIpc) is 4.01. The molecule has 0 aliphatic heterocycles. The monoisotopic (exact) mass is 866 g/mol. The number of benzene rings is 11. The van der Waals surface area contributed by atoms with Gasteiger partial charge in [0, 0.05) is 22.5 Å². The lowest BCUT2D eigenvalue weighted by Crippen LogP contribution is -1.98. The maximum Gasteiger partial charge on any atom is 0.145 e. The summed E-state index contributed by atoms with van der Waals surface area (Å²) in [6.45, 7) is 0. The van der Waals surface area contributed by atoms with Crippen LogP contribution in [-0.2, 0) is 0 Å². The van der Waals surface area contributed by atoms with Crippen molar-refractivity contribution in [2.24, 2.45) is 0 Å². The first kappa shape index (κ1) is 39.3. The van der Waals surface area contributed by atoms with Crippen LogP contribution in [0.5, 0.6) is 0 Å². The summed E-state index contributed by atoms with van der Waals surface area (Å²) in [6, 6.07) is 91.4. The minimum Gasteiger partial charge on any atom is -0.292 e. The summed E-state index contributed by atoms with van der Waals surface area (Å²) in [6.07, 6.45) is 0. The summed E-state index contributed by atoms with van der Waals surface area (Å²) in [5.74, 6) is 1.84. The molecule has 4 nitrogen and oxygen atoms in total. The number of rotatable bonds is 8. The van der Waals surface area contributed by atoms with E-state index in [0.29, 0.717) is 0 Å². The van der Waals surface area contributed by atoms with Crippen LogP contribution < -0.4 is 0 Å². The zero-order chi connectivity index (χ0) is 45.0. The zero-order valence-electron chi connectivity index (χ0n) is 37.0. The fourth-order valence-corrected chi connectivity index (χ4v) is 10.2. The third-order valence-electron chi connectivity index (χ3n) is 13.3. The van der Waals surface area contributed by atoms with Gasteiger partial charge >= 0.3 is 0 Å². The Morgan fingerprint density at radius 1 is 0.235 bits per heavy atom. The normalized spacial score (nSPS) is 11.5. The van der Waals surface area contributed by atoms with E-state index in [1.165, 1.54) is 43.8 Å². The number of nitrogens with zero attached hydrogens (tertiary/aromatic N) is 4. The van der Waals surface area contributed by atoms with Gasteiger partial charge in [-0.15, -0.1) is 0 Å². The van der Waals surface area contributed by atoms with E-state index in [0.717, 1.165) is 78.5 Å². The third kappa shape index (κ3) is 6.69. The molecule has 0 unspecified atom stereocenters. The second-order valence-corrected chi connectivity index (χ2v) is 17.4. The molecular formula is C64H42N4. The van der Waals surface area contributed by atoms with Crippen LogP contribution in [-0.4, -0.2) is 19.1 Å². The fraction of sp³-hybridized carbons (Fsp3) is 0. The van der Waals surface area contributed by atoms with E-state index < -0.39 is 0 Å². The highest BCUT2D eigenvalue weighted by atomic mass is 15.1. The molecule has 0 saturated heterocycles. The first-order valence-corrected chi connectivity index (χ1v) is 23.2. The van der Waals surface area contributed by atoms with E-state index in [4.69, 9.17) is 9.97 Å². The highest BCUT2D eigenvalue weighted by Crippen LogP contribution is 2.46. The first-order chi connectivity index (χ1) is 33.7. The van der Waals surface area contributed by atoms with Gasteiger partial charge in [-0.05, 0) is 127 Å². The Morgan fingerprint density at radius 3 is 0.985 bits per heavy atom. The predicted octanol–water partition coefficient (Wildman–Crippen LogP) is 16.7. The minimum absolute atomic E-state index is 0.922. The topological polar surface area (TPSA) is 35.6 Å². The van der Waals surface area contributed by atoms with Crippen LogP contribution in [0.3, 0.4) is 0 Å². The summed E-state index contributed by atoms with van der Waals surface area (Å²) < 4.78 is 4.58. The van der Waals surface area contributed by atoms with Crippen LogP contribution in [0.4, 0.5) is 0 Å². The van der Waals surface area contributed by atoms with E-state index in [1.807, 2.05) is 0 Å². The van der Waals surface area contributed by atoms with E-state index in [1.54, 1.807) is 0 Å². The molecule has 2 heterocycles. The van der Waals surface area contributed by atoms with Crippen molar-refractivity contribution < 1.29 is 0 Å². The Morgan fingerprint density at radius 2 is 0.574 bits per heavy atom. The second kappa shape index (κ2) is 16.4. The van der Waals surface area contributed by atoms with Gasteiger partial charge in [-0.3, -0.25) is 9.13 Å². The zero-order valence-corrected chi connectivity index (χ0v) is 37.0. The van der Waals surface area contributed by atoms with Crippen molar-refractivity contribution in [2.45, 2.75) is 0 Å². The number of hydrogen-bond donors (Lipinski definition) is 0. The fourth-order valence-electron chi connectivity index (χ4n) is 10.2. The van der Waals surface area contributed by atoms with Gasteiger partial charge < -0.3 is 0 Å².